The Kier molecular flexibility index (Phi) is 9.95. The second-order valence-corrected chi connectivity index (χ2v) is 19.3. The van der Waals surface area contributed by atoms with Gasteiger partial charge in [-0.3, -0.25) is 4.74 Å². The van der Waals surface area contributed by atoms with Gasteiger partial charge < -0.3 is 0 Å². The van der Waals surface area contributed by atoms with Crippen LogP contribution in [0.1, 0.15) is 24.8 Å². The van der Waals surface area contributed by atoms with E-state index in [1.807, 2.05) is 43.3 Å². The summed E-state index contributed by atoms with van der Waals surface area (Å²) in [5.74, 6) is 1.34. The maximum absolute atomic E-state index is 10.2. The van der Waals surface area contributed by atoms with Crippen LogP contribution < -0.4 is 21.0 Å². The molecule has 0 saturated heterocycles. The summed E-state index contributed by atoms with van der Waals surface area (Å²) >= 11 is 0. The molecule has 1 radical (unpaired) electrons. The van der Waals surface area contributed by atoms with Crippen LogP contribution in [0.3, 0.4) is 0 Å². The molecule has 2 unspecified atom stereocenters. The number of hydrogen-bond acceptors (Lipinski definition) is 3. The number of nitriles is 2. The highest BCUT2D eigenvalue weighted by atomic mass is 31.2. The molecule has 0 aliphatic heterocycles. The number of rotatable bonds is 7. The Morgan fingerprint density at radius 3 is 1.82 bits per heavy atom. The van der Waals surface area contributed by atoms with Crippen LogP contribution in [0.5, 0.6) is 0 Å². The molecule has 1 aliphatic rings. The predicted molar refractivity (Wildman–Crippen MR) is 206 cm³/mol. The van der Waals surface area contributed by atoms with E-state index in [1.54, 1.807) is 0 Å². The van der Waals surface area contributed by atoms with Crippen LogP contribution in [0.2, 0.25) is 19.1 Å². The van der Waals surface area contributed by atoms with E-state index in [4.69, 9.17) is 17.9 Å². The SMILES string of the molecule is [C-]#[N+]/C(C#N)=c1\c2cc(C)ccc2/c(=C(/C#N)[N+]#[C-])c2cc(N=P(CC3CCC(C[Si](C)C)C3)(c3ccccc3)c3ccccc3)ccc12. The van der Waals surface area contributed by atoms with Gasteiger partial charge in [0.25, 0.3) is 11.4 Å². The van der Waals surface area contributed by atoms with Crippen LogP contribution in [-0.4, -0.2) is 15.0 Å². The molecule has 5 aromatic rings. The second kappa shape index (κ2) is 14.5. The van der Waals surface area contributed by atoms with Crippen molar-refractivity contribution in [2.75, 3.05) is 6.16 Å². The fraction of sp³-hybridized carbons (Fsp3) is 0.238. The zero-order valence-corrected chi connectivity index (χ0v) is 30.0. The van der Waals surface area contributed by atoms with Crippen LogP contribution >= 0.6 is 7.05 Å². The normalized spacial score (nSPS) is 17.1. The Labute approximate surface area is 290 Å². The van der Waals surface area contributed by atoms with Gasteiger partial charge in [0.1, 0.15) is 0 Å². The van der Waals surface area contributed by atoms with Crippen LogP contribution in [0, 0.1) is 54.6 Å². The minimum atomic E-state index is -2.37. The quantitative estimate of drug-likeness (QED) is 0.0751. The Bertz CT molecular complexity index is 2350. The summed E-state index contributed by atoms with van der Waals surface area (Å²) in [5, 5.41) is 26.4. The van der Waals surface area contributed by atoms with E-state index in [1.165, 1.54) is 35.9 Å². The molecule has 0 spiro atoms. The van der Waals surface area contributed by atoms with Crippen molar-refractivity contribution in [2.24, 2.45) is 16.6 Å². The van der Waals surface area contributed by atoms with Crippen molar-refractivity contribution in [3.63, 3.8) is 0 Å². The molecular formula is C42H37N5PSi. The van der Waals surface area contributed by atoms with Crippen molar-refractivity contribution in [3.05, 3.63) is 136 Å². The van der Waals surface area contributed by atoms with Crippen molar-refractivity contribution in [3.8, 4) is 12.1 Å². The first-order valence-electron chi connectivity index (χ1n) is 16.6. The first kappa shape index (κ1) is 33.7. The van der Waals surface area contributed by atoms with Gasteiger partial charge in [-0.05, 0) is 82.0 Å². The summed E-state index contributed by atoms with van der Waals surface area (Å²) in [7, 11) is -2.67. The lowest BCUT2D eigenvalue weighted by Crippen LogP contribution is -2.22. The summed E-state index contributed by atoms with van der Waals surface area (Å²) in [4.78, 5) is 7.28. The Hall–Kier alpha value is -5.23. The third-order valence-electron chi connectivity index (χ3n) is 9.69. The van der Waals surface area contributed by atoms with E-state index < -0.39 is 7.05 Å². The lowest BCUT2D eigenvalue weighted by molar-refractivity contribution is 0.556. The number of hydrogen-bond donors (Lipinski definition) is 0. The van der Waals surface area contributed by atoms with Crippen molar-refractivity contribution in [1.82, 2.24) is 0 Å². The van der Waals surface area contributed by atoms with E-state index in [9.17, 15) is 10.5 Å². The minimum Gasteiger partial charge on any atom is -0.258 e. The molecule has 1 fully saturated rings. The fourth-order valence-electron chi connectivity index (χ4n) is 7.72. The van der Waals surface area contributed by atoms with Gasteiger partial charge in [0, 0.05) is 26.3 Å². The Morgan fingerprint density at radius 1 is 0.755 bits per heavy atom. The fourth-order valence-corrected chi connectivity index (χ4v) is 13.2. The van der Waals surface area contributed by atoms with Crippen LogP contribution in [0.4, 0.5) is 5.69 Å². The summed E-state index contributed by atoms with van der Waals surface area (Å²) in [5.41, 5.74) is 1.67. The molecule has 0 bridgehead atoms. The molecule has 5 nitrogen and oxygen atoms in total. The summed E-state index contributed by atoms with van der Waals surface area (Å²) < 4.78 is 5.81. The number of nitrogens with zero attached hydrogens (tertiary/aromatic N) is 5. The molecule has 0 N–H and O–H groups in total. The molecule has 0 aromatic heterocycles. The lowest BCUT2D eigenvalue weighted by Gasteiger charge is -2.29. The number of benzene rings is 5. The molecule has 6 rings (SSSR count). The van der Waals surface area contributed by atoms with E-state index in [0.29, 0.717) is 37.9 Å². The maximum atomic E-state index is 10.2. The molecule has 2 atom stereocenters. The largest absolute Gasteiger partial charge is 0.270 e. The van der Waals surface area contributed by atoms with E-state index in [2.05, 4.69) is 95.6 Å². The van der Waals surface area contributed by atoms with Gasteiger partial charge >= 0.3 is 0 Å². The van der Waals surface area contributed by atoms with Gasteiger partial charge in [-0.1, -0.05) is 116 Å². The van der Waals surface area contributed by atoms with E-state index in [-0.39, 0.29) is 20.2 Å². The average molecular weight is 671 g/mol. The van der Waals surface area contributed by atoms with E-state index >= 15 is 0 Å². The maximum Gasteiger partial charge on any atom is 0.270 e. The number of fused-ring (bicyclic) bond motifs is 2. The summed E-state index contributed by atoms with van der Waals surface area (Å²) in [6.45, 7) is 22.6. The van der Waals surface area contributed by atoms with Crippen LogP contribution in [0.25, 0.3) is 42.6 Å². The number of aryl methyl sites for hydroxylation is 1. The monoisotopic (exact) mass is 670 g/mol. The van der Waals surface area contributed by atoms with E-state index in [0.717, 1.165) is 23.3 Å². The second-order valence-electron chi connectivity index (χ2n) is 13.4. The molecular weight excluding hydrogens is 634 g/mol. The summed E-state index contributed by atoms with van der Waals surface area (Å²) in [6, 6.07) is 38.7. The van der Waals surface area contributed by atoms with Crippen LogP contribution in [-0.2, 0) is 0 Å². The first-order valence-corrected chi connectivity index (χ1v) is 21.3. The molecule has 49 heavy (non-hydrogen) atoms. The average Bonchev–Trinajstić information content (AvgIpc) is 3.55. The lowest BCUT2D eigenvalue weighted by atomic mass is 9.94. The highest BCUT2D eigenvalue weighted by molar-refractivity contribution is 7.81. The zero-order valence-electron chi connectivity index (χ0n) is 28.1. The molecule has 5 aromatic carbocycles. The predicted octanol–water partition coefficient (Wildman–Crippen LogP) is 9.06. The van der Waals surface area contributed by atoms with Crippen molar-refractivity contribution < 1.29 is 0 Å². The molecule has 239 valence electrons. The van der Waals surface area contributed by atoms with Gasteiger partial charge in [0.05, 0.1) is 31.0 Å². The molecule has 7 heteroatoms. The van der Waals surface area contributed by atoms with Gasteiger partial charge in [-0.25, -0.2) is 20.2 Å². The van der Waals surface area contributed by atoms with Gasteiger partial charge in [0.2, 0.25) is 0 Å². The van der Waals surface area contributed by atoms with Gasteiger partial charge in [-0.15, -0.1) is 0 Å². The third kappa shape index (κ3) is 6.60. The summed E-state index contributed by atoms with van der Waals surface area (Å²) in [6.07, 6.45) is 4.70. The minimum absolute atomic E-state index is 0.0204. The molecule has 1 aliphatic carbocycles. The first-order chi connectivity index (χ1) is 23.8. The molecule has 1 saturated carbocycles. The Balaban J connectivity index is 1.73. The van der Waals surface area contributed by atoms with Gasteiger partial charge in [0.15, 0.2) is 0 Å². The van der Waals surface area contributed by atoms with Gasteiger partial charge in [-0.2, -0.15) is 0 Å². The van der Waals surface area contributed by atoms with Crippen molar-refractivity contribution in [1.29, 1.82) is 10.5 Å². The topological polar surface area (TPSA) is 68.7 Å². The third-order valence-corrected chi connectivity index (χ3v) is 15.0. The Morgan fingerprint density at radius 2 is 1.29 bits per heavy atom. The van der Waals surface area contributed by atoms with Crippen molar-refractivity contribution >= 4 is 65.1 Å². The zero-order chi connectivity index (χ0) is 34.5. The molecule has 0 amide bonds. The highest BCUT2D eigenvalue weighted by Crippen LogP contribution is 2.54. The molecule has 0 heterocycles. The van der Waals surface area contributed by atoms with Crippen molar-refractivity contribution in [2.45, 2.75) is 45.3 Å². The standard InChI is InChI=1S/C42H37N5PSi/c1-29-16-20-35-37(22-29)41(39(25-43)45-2)36-21-19-32(24-38(36)42(35)40(26-44)46-3)47-48(33-12-8-6-9-13-33,34-14-10-7-11-15-34)27-30-17-18-31(23-30)28-49(4)5/h6-16,19-22,24,30-31H,17-18,23,27-28H2,1,4-5H3/b41-39-,42-40+. The van der Waals surface area contributed by atoms with Crippen LogP contribution in [0.15, 0.2) is 102 Å². The highest BCUT2D eigenvalue weighted by Gasteiger charge is 2.33. The smallest absolute Gasteiger partial charge is 0.258 e.